The topological polar surface area (TPSA) is 21.7 Å². The summed E-state index contributed by atoms with van der Waals surface area (Å²) in [5.41, 5.74) is 3.93. The molecular formula is C19H25NO2. The van der Waals surface area contributed by atoms with Crippen LogP contribution in [0.5, 0.6) is 11.5 Å². The van der Waals surface area contributed by atoms with Crippen LogP contribution >= 0.6 is 0 Å². The van der Waals surface area contributed by atoms with Gasteiger partial charge < -0.3 is 14.4 Å². The molecule has 0 N–H and O–H groups in total. The molecule has 0 saturated heterocycles. The van der Waals surface area contributed by atoms with E-state index in [4.69, 9.17) is 9.47 Å². The first-order valence-corrected chi connectivity index (χ1v) is 7.57. The van der Waals surface area contributed by atoms with E-state index in [0.717, 1.165) is 31.0 Å². The normalized spacial score (nSPS) is 10.8. The highest BCUT2D eigenvalue weighted by Gasteiger charge is 2.06. The van der Waals surface area contributed by atoms with Crippen molar-refractivity contribution in [2.75, 3.05) is 27.8 Å². The van der Waals surface area contributed by atoms with Crippen LogP contribution in [-0.2, 0) is 13.0 Å². The minimum Gasteiger partial charge on any atom is -0.493 e. The molecule has 2 aromatic carbocycles. The van der Waals surface area contributed by atoms with E-state index in [1.165, 1.54) is 16.7 Å². The van der Waals surface area contributed by atoms with Crippen molar-refractivity contribution in [3.63, 3.8) is 0 Å². The maximum Gasteiger partial charge on any atom is 0.160 e. The number of rotatable bonds is 7. The molecule has 118 valence electrons. The van der Waals surface area contributed by atoms with E-state index in [2.05, 4.69) is 55.3 Å². The van der Waals surface area contributed by atoms with Crippen LogP contribution in [0, 0.1) is 6.92 Å². The van der Waals surface area contributed by atoms with Gasteiger partial charge in [0.25, 0.3) is 0 Å². The maximum absolute atomic E-state index is 5.35. The van der Waals surface area contributed by atoms with Gasteiger partial charge in [-0.3, -0.25) is 0 Å². The smallest absolute Gasteiger partial charge is 0.160 e. The van der Waals surface area contributed by atoms with Crippen molar-refractivity contribution in [3.8, 4) is 11.5 Å². The Balaban J connectivity index is 1.92. The van der Waals surface area contributed by atoms with E-state index in [9.17, 15) is 0 Å². The lowest BCUT2D eigenvalue weighted by Crippen LogP contribution is -2.20. The number of ether oxygens (including phenoxy) is 2. The van der Waals surface area contributed by atoms with Gasteiger partial charge in [-0.05, 0) is 43.7 Å². The second-order valence-corrected chi connectivity index (χ2v) is 5.67. The van der Waals surface area contributed by atoms with Crippen LogP contribution in [0.15, 0.2) is 42.5 Å². The van der Waals surface area contributed by atoms with E-state index < -0.39 is 0 Å². The predicted octanol–water partition coefficient (Wildman–Crippen LogP) is 3.69. The molecule has 0 bridgehead atoms. The standard InChI is InChI=1S/C19H25NO2/c1-15-6-5-7-17(12-15)14-20(2)11-10-16-8-9-18(21-3)19(13-16)22-4/h5-9,12-13H,10-11,14H2,1-4H3. The Bertz CT molecular complexity index is 610. The lowest BCUT2D eigenvalue weighted by molar-refractivity contribution is 0.330. The summed E-state index contributed by atoms with van der Waals surface area (Å²) in [4.78, 5) is 2.34. The third-order valence-electron chi connectivity index (χ3n) is 3.77. The Hall–Kier alpha value is -2.00. The molecule has 0 fully saturated rings. The molecule has 0 atom stereocenters. The van der Waals surface area contributed by atoms with Gasteiger partial charge in [0.1, 0.15) is 0 Å². The largest absolute Gasteiger partial charge is 0.493 e. The Morgan fingerprint density at radius 1 is 0.909 bits per heavy atom. The zero-order valence-corrected chi connectivity index (χ0v) is 13.9. The van der Waals surface area contributed by atoms with Crippen LogP contribution in [-0.4, -0.2) is 32.7 Å². The van der Waals surface area contributed by atoms with Crippen LogP contribution in [0.25, 0.3) is 0 Å². The van der Waals surface area contributed by atoms with Gasteiger partial charge in [0.2, 0.25) is 0 Å². The fraction of sp³-hybridized carbons (Fsp3) is 0.368. The molecule has 22 heavy (non-hydrogen) atoms. The molecule has 2 rings (SSSR count). The van der Waals surface area contributed by atoms with Gasteiger partial charge in [-0.15, -0.1) is 0 Å². The summed E-state index contributed by atoms with van der Waals surface area (Å²) < 4.78 is 10.6. The highest BCUT2D eigenvalue weighted by atomic mass is 16.5. The Kier molecular flexibility index (Phi) is 5.84. The lowest BCUT2D eigenvalue weighted by atomic mass is 10.1. The number of likely N-dealkylation sites (N-methyl/N-ethyl adjacent to an activating group) is 1. The van der Waals surface area contributed by atoms with Crippen molar-refractivity contribution in [2.45, 2.75) is 19.9 Å². The van der Waals surface area contributed by atoms with Gasteiger partial charge in [-0.2, -0.15) is 0 Å². The molecule has 0 amide bonds. The molecule has 0 aliphatic carbocycles. The molecule has 0 spiro atoms. The highest BCUT2D eigenvalue weighted by Crippen LogP contribution is 2.27. The average Bonchev–Trinajstić information content (AvgIpc) is 2.52. The van der Waals surface area contributed by atoms with Gasteiger partial charge in [0, 0.05) is 13.1 Å². The number of hydrogen-bond donors (Lipinski definition) is 0. The molecule has 0 heterocycles. The summed E-state index contributed by atoms with van der Waals surface area (Å²) in [5.74, 6) is 1.57. The zero-order valence-electron chi connectivity index (χ0n) is 13.9. The van der Waals surface area contributed by atoms with Crippen molar-refractivity contribution in [3.05, 3.63) is 59.2 Å². The third kappa shape index (κ3) is 4.50. The highest BCUT2D eigenvalue weighted by molar-refractivity contribution is 5.42. The van der Waals surface area contributed by atoms with Crippen molar-refractivity contribution in [1.82, 2.24) is 4.90 Å². The van der Waals surface area contributed by atoms with E-state index in [1.54, 1.807) is 14.2 Å². The van der Waals surface area contributed by atoms with Crippen molar-refractivity contribution >= 4 is 0 Å². The molecule has 2 aromatic rings. The molecule has 3 heteroatoms. The molecule has 0 unspecified atom stereocenters. The van der Waals surface area contributed by atoms with Crippen molar-refractivity contribution in [1.29, 1.82) is 0 Å². The molecule has 0 aromatic heterocycles. The Morgan fingerprint density at radius 2 is 1.68 bits per heavy atom. The van der Waals surface area contributed by atoms with Crippen LogP contribution < -0.4 is 9.47 Å². The van der Waals surface area contributed by atoms with E-state index in [-0.39, 0.29) is 0 Å². The molecular weight excluding hydrogens is 274 g/mol. The molecule has 0 radical (unpaired) electrons. The second kappa shape index (κ2) is 7.85. The van der Waals surface area contributed by atoms with E-state index in [1.807, 2.05) is 6.07 Å². The van der Waals surface area contributed by atoms with Gasteiger partial charge in [-0.25, -0.2) is 0 Å². The maximum atomic E-state index is 5.35. The fourth-order valence-corrected chi connectivity index (χ4v) is 2.56. The van der Waals surface area contributed by atoms with E-state index in [0.29, 0.717) is 0 Å². The molecule has 0 aliphatic rings. The van der Waals surface area contributed by atoms with Gasteiger partial charge in [0.05, 0.1) is 14.2 Å². The van der Waals surface area contributed by atoms with Crippen molar-refractivity contribution in [2.24, 2.45) is 0 Å². The molecule has 3 nitrogen and oxygen atoms in total. The SMILES string of the molecule is COc1ccc(CCN(C)Cc2cccc(C)c2)cc1OC. The minimum absolute atomic E-state index is 0.777. The lowest BCUT2D eigenvalue weighted by Gasteiger charge is -2.17. The van der Waals surface area contributed by atoms with E-state index >= 15 is 0 Å². The van der Waals surface area contributed by atoms with Crippen molar-refractivity contribution < 1.29 is 9.47 Å². The average molecular weight is 299 g/mol. The zero-order chi connectivity index (χ0) is 15.9. The first-order valence-electron chi connectivity index (χ1n) is 7.57. The predicted molar refractivity (Wildman–Crippen MR) is 90.8 cm³/mol. The van der Waals surface area contributed by atoms with Gasteiger partial charge in [-0.1, -0.05) is 35.9 Å². The summed E-state index contributed by atoms with van der Waals surface area (Å²) in [5, 5.41) is 0. The minimum atomic E-state index is 0.777. The number of aryl methyl sites for hydroxylation is 1. The van der Waals surface area contributed by atoms with Crippen LogP contribution in [0.4, 0.5) is 0 Å². The number of nitrogens with zero attached hydrogens (tertiary/aromatic N) is 1. The van der Waals surface area contributed by atoms with Gasteiger partial charge in [0.15, 0.2) is 11.5 Å². The summed E-state index contributed by atoms with van der Waals surface area (Å²) in [6.07, 6.45) is 0.989. The molecule has 0 saturated carbocycles. The summed E-state index contributed by atoms with van der Waals surface area (Å²) in [6, 6.07) is 14.8. The Morgan fingerprint density at radius 3 is 2.36 bits per heavy atom. The molecule has 0 aliphatic heterocycles. The monoisotopic (exact) mass is 299 g/mol. The van der Waals surface area contributed by atoms with Crippen LogP contribution in [0.2, 0.25) is 0 Å². The Labute approximate surface area is 133 Å². The van der Waals surface area contributed by atoms with Crippen LogP contribution in [0.1, 0.15) is 16.7 Å². The first kappa shape index (κ1) is 16.4. The second-order valence-electron chi connectivity index (χ2n) is 5.67. The fourth-order valence-electron chi connectivity index (χ4n) is 2.56. The number of benzene rings is 2. The van der Waals surface area contributed by atoms with Crippen LogP contribution in [0.3, 0.4) is 0 Å². The van der Waals surface area contributed by atoms with Gasteiger partial charge >= 0.3 is 0 Å². The quantitative estimate of drug-likeness (QED) is 0.778. The number of hydrogen-bond acceptors (Lipinski definition) is 3. The summed E-state index contributed by atoms with van der Waals surface area (Å²) >= 11 is 0. The number of methoxy groups -OCH3 is 2. The summed E-state index contributed by atoms with van der Waals surface area (Å²) in [7, 11) is 5.49. The summed E-state index contributed by atoms with van der Waals surface area (Å²) in [6.45, 7) is 4.10. The first-order chi connectivity index (χ1) is 10.6. The third-order valence-corrected chi connectivity index (χ3v) is 3.77.